The van der Waals surface area contributed by atoms with E-state index in [1.807, 2.05) is 0 Å². The maximum atomic E-state index is 12.2. The van der Waals surface area contributed by atoms with Gasteiger partial charge in [-0.1, -0.05) is 11.6 Å². The molecule has 0 atom stereocenters. The molecule has 9 heteroatoms. The highest BCUT2D eigenvalue weighted by Gasteiger charge is 2.15. The van der Waals surface area contributed by atoms with Gasteiger partial charge in [-0.25, -0.2) is 13.1 Å². The van der Waals surface area contributed by atoms with Crippen LogP contribution in [0.3, 0.4) is 0 Å². The fourth-order valence-corrected chi connectivity index (χ4v) is 3.36. The molecule has 0 heterocycles. The monoisotopic (exact) mass is 398 g/mol. The van der Waals surface area contributed by atoms with Gasteiger partial charge in [-0.3, -0.25) is 4.79 Å². The fourth-order valence-electron chi connectivity index (χ4n) is 2.15. The number of methoxy groups -OCH3 is 2. The van der Waals surface area contributed by atoms with Gasteiger partial charge < -0.3 is 14.8 Å². The lowest BCUT2D eigenvalue weighted by atomic mass is 10.2. The van der Waals surface area contributed by atoms with Crippen LogP contribution in [0.15, 0.2) is 47.4 Å². The number of carbonyl (C=O) groups is 1. The minimum Gasteiger partial charge on any atom is -0.497 e. The molecule has 0 bridgehead atoms. The molecule has 0 spiro atoms. The predicted octanol–water partition coefficient (Wildman–Crippen LogP) is 2.07. The topological polar surface area (TPSA) is 93.7 Å². The Morgan fingerprint density at radius 3 is 2.35 bits per heavy atom. The van der Waals surface area contributed by atoms with Crippen LogP contribution in [0.2, 0.25) is 5.02 Å². The van der Waals surface area contributed by atoms with Gasteiger partial charge in [0.05, 0.1) is 24.7 Å². The molecule has 140 valence electrons. The molecule has 0 unspecified atom stereocenters. The van der Waals surface area contributed by atoms with Gasteiger partial charge in [0.2, 0.25) is 10.0 Å². The van der Waals surface area contributed by atoms with E-state index in [1.165, 1.54) is 32.4 Å². The molecule has 1 amide bonds. The summed E-state index contributed by atoms with van der Waals surface area (Å²) in [7, 11) is -0.723. The van der Waals surface area contributed by atoms with E-state index in [2.05, 4.69) is 10.0 Å². The Bertz CT molecular complexity index is 869. The van der Waals surface area contributed by atoms with Crippen LogP contribution >= 0.6 is 11.6 Å². The fraction of sp³-hybridized carbons (Fsp3) is 0.235. The van der Waals surface area contributed by atoms with Crippen molar-refractivity contribution in [2.45, 2.75) is 4.90 Å². The first-order chi connectivity index (χ1) is 12.4. The van der Waals surface area contributed by atoms with E-state index in [4.69, 9.17) is 21.1 Å². The summed E-state index contributed by atoms with van der Waals surface area (Å²) in [6, 6.07) is 10.7. The number of hydrogen-bond acceptors (Lipinski definition) is 5. The predicted molar refractivity (Wildman–Crippen MR) is 98.5 cm³/mol. The highest BCUT2D eigenvalue weighted by molar-refractivity contribution is 7.89. The molecule has 0 fully saturated rings. The van der Waals surface area contributed by atoms with Crippen molar-refractivity contribution in [2.24, 2.45) is 0 Å². The minimum absolute atomic E-state index is 0.0307. The smallest absolute Gasteiger partial charge is 0.255 e. The summed E-state index contributed by atoms with van der Waals surface area (Å²) >= 11 is 5.89. The third-order valence-corrected chi connectivity index (χ3v) is 5.19. The van der Waals surface area contributed by atoms with Crippen LogP contribution in [-0.2, 0) is 10.0 Å². The van der Waals surface area contributed by atoms with E-state index in [1.54, 1.807) is 24.3 Å². The van der Waals surface area contributed by atoms with Crippen molar-refractivity contribution < 1.29 is 22.7 Å². The maximum Gasteiger partial charge on any atom is 0.255 e. The molecular weight excluding hydrogens is 380 g/mol. The van der Waals surface area contributed by atoms with E-state index in [-0.39, 0.29) is 23.5 Å². The van der Waals surface area contributed by atoms with Crippen molar-refractivity contribution in [2.75, 3.05) is 27.3 Å². The average Bonchev–Trinajstić information content (AvgIpc) is 2.65. The van der Waals surface area contributed by atoms with Gasteiger partial charge >= 0.3 is 0 Å². The number of nitrogens with one attached hydrogen (secondary N) is 2. The number of carbonyl (C=O) groups excluding carboxylic acids is 1. The quantitative estimate of drug-likeness (QED) is 0.664. The third kappa shape index (κ3) is 5.10. The Kier molecular flexibility index (Phi) is 6.84. The van der Waals surface area contributed by atoms with Crippen LogP contribution in [0, 0.1) is 0 Å². The van der Waals surface area contributed by atoms with Crippen LogP contribution in [0.5, 0.6) is 11.5 Å². The van der Waals surface area contributed by atoms with Crippen LogP contribution in [-0.4, -0.2) is 41.6 Å². The first kappa shape index (κ1) is 20.0. The SMILES string of the molecule is COc1ccc(S(=O)(=O)NCCNC(=O)c2cc(Cl)ccc2OC)cc1. The van der Waals surface area contributed by atoms with Gasteiger partial charge in [0.1, 0.15) is 11.5 Å². The molecule has 26 heavy (non-hydrogen) atoms. The normalized spacial score (nSPS) is 11.0. The first-order valence-corrected chi connectivity index (χ1v) is 9.49. The van der Waals surface area contributed by atoms with Crippen molar-refractivity contribution in [1.29, 1.82) is 0 Å². The van der Waals surface area contributed by atoms with Gasteiger partial charge in [0.15, 0.2) is 0 Å². The average molecular weight is 399 g/mol. The lowest BCUT2D eigenvalue weighted by Gasteiger charge is -2.11. The second kappa shape index (κ2) is 8.88. The Labute approximate surface area is 157 Å². The zero-order valence-corrected chi connectivity index (χ0v) is 15.9. The second-order valence-corrected chi connectivity index (χ2v) is 7.38. The van der Waals surface area contributed by atoms with E-state index in [9.17, 15) is 13.2 Å². The third-order valence-electron chi connectivity index (χ3n) is 3.48. The molecule has 0 aliphatic carbocycles. The van der Waals surface area contributed by atoms with Gasteiger partial charge in [0.25, 0.3) is 5.91 Å². The van der Waals surface area contributed by atoms with E-state index < -0.39 is 15.9 Å². The molecule has 0 radical (unpaired) electrons. The number of halogens is 1. The summed E-state index contributed by atoms with van der Waals surface area (Å²) in [5.74, 6) is 0.533. The molecule has 2 aromatic carbocycles. The molecule has 2 aromatic rings. The molecular formula is C17H19ClN2O5S. The largest absolute Gasteiger partial charge is 0.497 e. The molecule has 2 rings (SSSR count). The van der Waals surface area contributed by atoms with Crippen LogP contribution in [0.1, 0.15) is 10.4 Å². The van der Waals surface area contributed by atoms with E-state index in [0.29, 0.717) is 16.5 Å². The van der Waals surface area contributed by atoms with Crippen molar-refractivity contribution in [3.05, 3.63) is 53.1 Å². The number of amides is 1. The standard InChI is InChI=1S/C17H19ClN2O5S/c1-24-13-4-6-14(7-5-13)26(22,23)20-10-9-19-17(21)15-11-12(18)3-8-16(15)25-2/h3-8,11,20H,9-10H2,1-2H3,(H,19,21). The lowest BCUT2D eigenvalue weighted by Crippen LogP contribution is -2.34. The summed E-state index contributed by atoms with van der Waals surface area (Å²) in [6.07, 6.45) is 0. The minimum atomic E-state index is -3.67. The first-order valence-electron chi connectivity index (χ1n) is 7.63. The molecule has 0 saturated heterocycles. The zero-order chi connectivity index (χ0) is 19.2. The number of sulfonamides is 1. The van der Waals surface area contributed by atoms with Crippen LogP contribution in [0.25, 0.3) is 0 Å². The van der Waals surface area contributed by atoms with Gasteiger partial charge in [-0.15, -0.1) is 0 Å². The summed E-state index contributed by atoms with van der Waals surface area (Å²) in [5, 5.41) is 3.02. The molecule has 0 aliphatic rings. The van der Waals surface area contributed by atoms with E-state index >= 15 is 0 Å². The van der Waals surface area contributed by atoms with Crippen molar-refractivity contribution >= 4 is 27.5 Å². The molecule has 0 aliphatic heterocycles. The second-order valence-electron chi connectivity index (χ2n) is 5.17. The molecule has 0 aromatic heterocycles. The van der Waals surface area contributed by atoms with Crippen LogP contribution < -0.4 is 19.5 Å². The van der Waals surface area contributed by atoms with Gasteiger partial charge in [-0.05, 0) is 42.5 Å². The Balaban J connectivity index is 1.91. The molecule has 2 N–H and O–H groups in total. The number of hydrogen-bond donors (Lipinski definition) is 2. The summed E-state index contributed by atoms with van der Waals surface area (Å²) < 4.78 is 36.9. The summed E-state index contributed by atoms with van der Waals surface area (Å²) in [4.78, 5) is 12.3. The Morgan fingerprint density at radius 1 is 1.04 bits per heavy atom. The van der Waals surface area contributed by atoms with Gasteiger partial charge in [-0.2, -0.15) is 0 Å². The summed E-state index contributed by atoms with van der Waals surface area (Å²) in [5.41, 5.74) is 0.276. The highest BCUT2D eigenvalue weighted by atomic mass is 35.5. The Morgan fingerprint density at radius 2 is 1.73 bits per heavy atom. The van der Waals surface area contributed by atoms with Crippen molar-refractivity contribution in [3.8, 4) is 11.5 Å². The van der Waals surface area contributed by atoms with Crippen molar-refractivity contribution in [3.63, 3.8) is 0 Å². The number of ether oxygens (including phenoxy) is 2. The maximum absolute atomic E-state index is 12.2. The number of benzene rings is 2. The molecule has 7 nitrogen and oxygen atoms in total. The molecule has 0 saturated carbocycles. The van der Waals surface area contributed by atoms with E-state index in [0.717, 1.165) is 0 Å². The van der Waals surface area contributed by atoms with Gasteiger partial charge in [0, 0.05) is 18.1 Å². The van der Waals surface area contributed by atoms with Crippen LogP contribution in [0.4, 0.5) is 0 Å². The number of rotatable bonds is 8. The lowest BCUT2D eigenvalue weighted by molar-refractivity contribution is 0.0951. The Hall–Kier alpha value is -2.29. The highest BCUT2D eigenvalue weighted by Crippen LogP contribution is 2.22. The summed E-state index contributed by atoms with van der Waals surface area (Å²) in [6.45, 7) is 0.132. The van der Waals surface area contributed by atoms with Crippen molar-refractivity contribution in [1.82, 2.24) is 10.0 Å². The zero-order valence-electron chi connectivity index (χ0n) is 14.3.